The van der Waals surface area contributed by atoms with Crippen molar-refractivity contribution in [2.75, 3.05) is 24.5 Å². The molecule has 0 aromatic carbocycles. The number of carbonyl (C=O) groups excluding carboxylic acids is 1. The van der Waals surface area contributed by atoms with Gasteiger partial charge in [-0.3, -0.25) is 4.79 Å². The minimum atomic E-state index is -1.03. The molecule has 2 N–H and O–H groups in total. The lowest BCUT2D eigenvalue weighted by atomic mass is 9.93. The second-order valence-electron chi connectivity index (χ2n) is 5.81. The minimum Gasteiger partial charge on any atom is -0.386 e. The van der Waals surface area contributed by atoms with E-state index < -0.39 is 5.60 Å². The molecule has 2 aromatic heterocycles. The zero-order chi connectivity index (χ0) is 16.3. The Morgan fingerprint density at radius 1 is 1.48 bits per heavy atom. The van der Waals surface area contributed by atoms with Gasteiger partial charge in [0.2, 0.25) is 11.7 Å². The molecule has 1 aliphatic rings. The summed E-state index contributed by atoms with van der Waals surface area (Å²) in [6.45, 7) is 3.02. The van der Waals surface area contributed by atoms with E-state index in [1.54, 1.807) is 31.5 Å². The van der Waals surface area contributed by atoms with Gasteiger partial charge in [-0.2, -0.15) is 0 Å². The fourth-order valence-corrected chi connectivity index (χ4v) is 2.68. The van der Waals surface area contributed by atoms with Crippen LogP contribution in [-0.4, -0.2) is 51.4 Å². The first-order valence-electron chi connectivity index (χ1n) is 7.52. The van der Waals surface area contributed by atoms with Crippen molar-refractivity contribution in [3.63, 3.8) is 0 Å². The Balaban J connectivity index is 1.61. The third-order valence-electron chi connectivity index (χ3n) is 3.82. The van der Waals surface area contributed by atoms with Crippen LogP contribution in [-0.2, 0) is 0 Å². The quantitative estimate of drug-likeness (QED) is 0.847. The Labute approximate surface area is 133 Å². The highest BCUT2D eigenvalue weighted by atomic mass is 16.5. The van der Waals surface area contributed by atoms with E-state index in [0.29, 0.717) is 24.6 Å². The second kappa shape index (κ2) is 6.33. The van der Waals surface area contributed by atoms with E-state index in [4.69, 9.17) is 4.52 Å². The van der Waals surface area contributed by atoms with E-state index in [9.17, 15) is 9.90 Å². The highest BCUT2D eigenvalue weighted by Crippen LogP contribution is 2.23. The van der Waals surface area contributed by atoms with E-state index in [1.165, 1.54) is 0 Å². The maximum Gasteiger partial charge on any atom is 0.290 e. The summed E-state index contributed by atoms with van der Waals surface area (Å²) in [7, 11) is 0. The molecule has 0 aliphatic carbocycles. The van der Waals surface area contributed by atoms with E-state index in [1.807, 2.05) is 4.90 Å². The van der Waals surface area contributed by atoms with Crippen molar-refractivity contribution in [2.24, 2.45) is 0 Å². The summed E-state index contributed by atoms with van der Waals surface area (Å²) in [6.07, 6.45) is 4.74. The lowest BCUT2D eigenvalue weighted by Crippen LogP contribution is -2.54. The Hall–Kier alpha value is -2.48. The molecule has 122 valence electrons. The van der Waals surface area contributed by atoms with Crippen molar-refractivity contribution in [1.29, 1.82) is 0 Å². The number of carbonyl (C=O) groups is 1. The average Bonchev–Trinajstić information content (AvgIpc) is 3.00. The summed E-state index contributed by atoms with van der Waals surface area (Å²) in [5.41, 5.74) is -0.388. The molecule has 3 rings (SSSR count). The van der Waals surface area contributed by atoms with Gasteiger partial charge in [-0.25, -0.2) is 9.97 Å². The van der Waals surface area contributed by atoms with Crippen LogP contribution in [0.25, 0.3) is 0 Å². The first-order chi connectivity index (χ1) is 11.1. The minimum absolute atomic E-state index is 0.134. The van der Waals surface area contributed by atoms with Gasteiger partial charge in [0.05, 0.1) is 17.8 Å². The molecule has 1 aliphatic heterocycles. The second-order valence-corrected chi connectivity index (χ2v) is 5.81. The van der Waals surface area contributed by atoms with Crippen LogP contribution in [0.4, 0.5) is 5.95 Å². The Morgan fingerprint density at radius 2 is 2.26 bits per heavy atom. The molecule has 0 spiro atoms. The molecule has 8 nitrogen and oxygen atoms in total. The summed E-state index contributed by atoms with van der Waals surface area (Å²) in [4.78, 5) is 22.3. The molecule has 0 saturated carbocycles. The molecule has 3 heterocycles. The van der Waals surface area contributed by atoms with Gasteiger partial charge in [0.15, 0.2) is 0 Å². The van der Waals surface area contributed by atoms with Crippen LogP contribution in [0.1, 0.15) is 29.1 Å². The monoisotopic (exact) mass is 317 g/mol. The SMILES string of the molecule is Cc1cc(C(=O)NC[C@]2(O)CCCN(c3ncccn3)C2)on1. The standard InChI is InChI=1S/C15H19N5O3/c1-11-8-12(23-19-11)13(21)18-9-15(22)4-2-7-20(10-15)14-16-5-3-6-17-14/h3,5-6,8,22H,2,4,7,9-10H2,1H3,(H,18,21)/t15-/m1/s1. The van der Waals surface area contributed by atoms with Crippen molar-refractivity contribution < 1.29 is 14.4 Å². The number of amides is 1. The number of anilines is 1. The number of rotatable bonds is 4. The van der Waals surface area contributed by atoms with Gasteiger partial charge < -0.3 is 19.8 Å². The smallest absolute Gasteiger partial charge is 0.290 e. The molecule has 1 amide bonds. The summed E-state index contributed by atoms with van der Waals surface area (Å²) in [5, 5.41) is 17.1. The van der Waals surface area contributed by atoms with Crippen LogP contribution >= 0.6 is 0 Å². The zero-order valence-corrected chi connectivity index (χ0v) is 12.9. The molecule has 2 aromatic rings. The molecule has 1 atom stereocenters. The number of hydrogen-bond donors (Lipinski definition) is 2. The Morgan fingerprint density at radius 3 is 2.96 bits per heavy atom. The topological polar surface area (TPSA) is 104 Å². The lowest BCUT2D eigenvalue weighted by Gasteiger charge is -2.39. The van der Waals surface area contributed by atoms with Crippen molar-refractivity contribution >= 4 is 11.9 Å². The first-order valence-corrected chi connectivity index (χ1v) is 7.52. The summed E-state index contributed by atoms with van der Waals surface area (Å²) in [6, 6.07) is 3.31. The number of hydrogen-bond acceptors (Lipinski definition) is 7. The summed E-state index contributed by atoms with van der Waals surface area (Å²) < 4.78 is 4.92. The molecule has 0 unspecified atom stereocenters. The molecular weight excluding hydrogens is 298 g/mol. The van der Waals surface area contributed by atoms with E-state index in [2.05, 4.69) is 20.4 Å². The van der Waals surface area contributed by atoms with Crippen LogP contribution < -0.4 is 10.2 Å². The van der Waals surface area contributed by atoms with Crippen molar-refractivity contribution in [2.45, 2.75) is 25.4 Å². The molecule has 1 saturated heterocycles. The third kappa shape index (κ3) is 3.65. The molecular formula is C15H19N5O3. The molecule has 8 heteroatoms. The number of β-amino-alcohol motifs (C(OH)–C–C–N with tert-alkyl or cyclic N) is 1. The van der Waals surface area contributed by atoms with Gasteiger partial charge in [0, 0.05) is 31.5 Å². The van der Waals surface area contributed by atoms with Gasteiger partial charge in [0.1, 0.15) is 0 Å². The van der Waals surface area contributed by atoms with Crippen LogP contribution in [0.3, 0.4) is 0 Å². The molecule has 1 fully saturated rings. The third-order valence-corrected chi connectivity index (χ3v) is 3.82. The number of aryl methyl sites for hydroxylation is 1. The lowest BCUT2D eigenvalue weighted by molar-refractivity contribution is 0.0248. The van der Waals surface area contributed by atoms with Gasteiger partial charge in [0.25, 0.3) is 5.91 Å². The van der Waals surface area contributed by atoms with E-state index in [-0.39, 0.29) is 18.2 Å². The summed E-state index contributed by atoms with van der Waals surface area (Å²) in [5.74, 6) is 0.347. The van der Waals surface area contributed by atoms with Crippen molar-refractivity contribution in [1.82, 2.24) is 20.4 Å². The highest BCUT2D eigenvalue weighted by molar-refractivity contribution is 5.91. The fourth-order valence-electron chi connectivity index (χ4n) is 2.68. The Kier molecular flexibility index (Phi) is 4.24. The Bertz CT molecular complexity index is 675. The first kappa shape index (κ1) is 15.4. The largest absolute Gasteiger partial charge is 0.386 e. The number of aromatic nitrogens is 3. The summed E-state index contributed by atoms with van der Waals surface area (Å²) >= 11 is 0. The number of aliphatic hydroxyl groups is 1. The zero-order valence-electron chi connectivity index (χ0n) is 12.9. The van der Waals surface area contributed by atoms with Gasteiger partial charge in [-0.15, -0.1) is 0 Å². The number of nitrogens with zero attached hydrogens (tertiary/aromatic N) is 4. The van der Waals surface area contributed by atoms with Gasteiger partial charge >= 0.3 is 0 Å². The normalized spacial score (nSPS) is 21.2. The van der Waals surface area contributed by atoms with Crippen LogP contribution in [0.2, 0.25) is 0 Å². The number of piperidine rings is 1. The predicted molar refractivity (Wildman–Crippen MR) is 82.0 cm³/mol. The van der Waals surface area contributed by atoms with E-state index >= 15 is 0 Å². The van der Waals surface area contributed by atoms with Gasteiger partial charge in [-0.05, 0) is 25.8 Å². The molecule has 23 heavy (non-hydrogen) atoms. The predicted octanol–water partition coefficient (Wildman–Crippen LogP) is 0.534. The fraction of sp³-hybridized carbons (Fsp3) is 0.467. The number of nitrogens with one attached hydrogen (secondary N) is 1. The van der Waals surface area contributed by atoms with E-state index in [0.717, 1.165) is 13.0 Å². The molecule has 0 radical (unpaired) electrons. The highest BCUT2D eigenvalue weighted by Gasteiger charge is 2.34. The van der Waals surface area contributed by atoms with Gasteiger partial charge in [-0.1, -0.05) is 5.16 Å². The van der Waals surface area contributed by atoms with Crippen molar-refractivity contribution in [3.05, 3.63) is 36.0 Å². The maximum absolute atomic E-state index is 12.0. The van der Waals surface area contributed by atoms with Crippen LogP contribution in [0.15, 0.2) is 29.0 Å². The molecule has 0 bridgehead atoms. The maximum atomic E-state index is 12.0. The van der Waals surface area contributed by atoms with Crippen molar-refractivity contribution in [3.8, 4) is 0 Å². The average molecular weight is 317 g/mol. The van der Waals surface area contributed by atoms with Crippen LogP contribution in [0.5, 0.6) is 0 Å². The van der Waals surface area contributed by atoms with Crippen LogP contribution in [0, 0.1) is 6.92 Å².